The Bertz CT molecular complexity index is 4280. The molecule has 0 N–H and O–H groups in total. The number of rotatable bonds is 9. The van der Waals surface area contributed by atoms with E-state index in [4.69, 9.17) is 0 Å². The van der Waals surface area contributed by atoms with Gasteiger partial charge >= 0.3 is 0 Å². The van der Waals surface area contributed by atoms with Gasteiger partial charge in [-0.25, -0.2) is 0 Å². The summed E-state index contributed by atoms with van der Waals surface area (Å²) in [4.78, 5) is 5.03. The Hall–Kier alpha value is -8.98. The first-order valence-electron chi connectivity index (χ1n) is 29.7. The largest absolute Gasteiger partial charge is 0.310 e. The Balaban J connectivity index is 1.07. The van der Waals surface area contributed by atoms with Crippen LogP contribution in [-0.4, -0.2) is 0 Å². The van der Waals surface area contributed by atoms with Crippen LogP contribution in [0.15, 0.2) is 255 Å². The third-order valence-corrected chi connectivity index (χ3v) is 18.7. The van der Waals surface area contributed by atoms with E-state index >= 15 is 0 Å². The molecule has 0 aromatic heterocycles. The lowest BCUT2D eigenvalue weighted by Crippen LogP contribution is -2.32. The van der Waals surface area contributed by atoms with Gasteiger partial charge in [-0.05, 0) is 178 Å². The molecule has 3 aliphatic rings. The van der Waals surface area contributed by atoms with Crippen LogP contribution in [0.5, 0.6) is 0 Å². The molecule has 0 unspecified atom stereocenters. The summed E-state index contributed by atoms with van der Waals surface area (Å²) in [5.41, 5.74) is 28.8. The summed E-state index contributed by atoms with van der Waals surface area (Å²) in [7, 11) is 0. The molecule has 406 valence electrons. The maximum atomic E-state index is 2.54. The molecule has 0 heterocycles. The quantitative estimate of drug-likeness (QED) is 0.142. The van der Waals surface area contributed by atoms with Crippen LogP contribution in [0, 0.1) is 0 Å². The number of para-hydroxylation sites is 2. The summed E-state index contributed by atoms with van der Waals surface area (Å²) in [6, 6.07) is 96.6. The fraction of sp³-hybridized carbons (Fsp3) is 0.185. The van der Waals surface area contributed by atoms with Gasteiger partial charge in [-0.1, -0.05) is 257 Å². The van der Waals surface area contributed by atoms with Crippen LogP contribution in [0.4, 0.5) is 34.1 Å². The molecule has 3 aliphatic carbocycles. The number of anilines is 6. The van der Waals surface area contributed by atoms with Crippen LogP contribution < -0.4 is 9.80 Å². The van der Waals surface area contributed by atoms with Crippen LogP contribution in [0.25, 0.3) is 44.5 Å². The number of nitrogens with zero attached hydrogens (tertiary/aromatic N) is 2. The van der Waals surface area contributed by atoms with Crippen molar-refractivity contribution in [3.05, 3.63) is 310 Å². The molecular weight excluding hydrogens is 1000 g/mol. The molecule has 2 nitrogen and oxygen atoms in total. The van der Waals surface area contributed by atoms with Gasteiger partial charge in [-0.3, -0.25) is 0 Å². The van der Waals surface area contributed by atoms with Crippen molar-refractivity contribution in [3.63, 3.8) is 0 Å². The number of fused-ring (bicyclic) bond motifs is 9. The molecule has 0 radical (unpaired) electrons. The minimum Gasteiger partial charge on any atom is -0.310 e. The van der Waals surface area contributed by atoms with Crippen molar-refractivity contribution < 1.29 is 0 Å². The minimum atomic E-state index is -0.578. The molecule has 0 bridgehead atoms. The number of hydrogen-bond acceptors (Lipinski definition) is 2. The Morgan fingerprint density at radius 3 is 1.41 bits per heavy atom. The summed E-state index contributed by atoms with van der Waals surface area (Å²) >= 11 is 0. The van der Waals surface area contributed by atoms with Gasteiger partial charge in [0.05, 0.1) is 11.1 Å². The van der Waals surface area contributed by atoms with E-state index in [1.54, 1.807) is 0 Å². The third-order valence-electron chi connectivity index (χ3n) is 18.7. The molecule has 0 amide bonds. The Morgan fingerprint density at radius 2 is 0.807 bits per heavy atom. The first-order chi connectivity index (χ1) is 40.0. The van der Waals surface area contributed by atoms with Gasteiger partial charge in [0.2, 0.25) is 0 Å². The van der Waals surface area contributed by atoms with Crippen LogP contribution in [0.1, 0.15) is 125 Å². The SMILES string of the molecule is CC(C)(C)c1cc2c(c(C(C)(C)C)c1)C(c1ccccc1)(c1ccccc1)c1ccc(-c3cc(N(c4ccccc4)c4ccc5c(c4)C(C)(C)c4ccccc4-5)cc(N(c4ccccc4)c4cccc5c4C(C)(C)c4ccccc4-5)c3)cc1-2. The van der Waals surface area contributed by atoms with Crippen LogP contribution in [0.3, 0.4) is 0 Å². The fourth-order valence-corrected chi connectivity index (χ4v) is 14.7. The van der Waals surface area contributed by atoms with Gasteiger partial charge < -0.3 is 9.80 Å². The van der Waals surface area contributed by atoms with E-state index < -0.39 is 5.41 Å². The second-order valence-electron chi connectivity index (χ2n) is 26.5. The van der Waals surface area contributed by atoms with E-state index in [0.29, 0.717) is 0 Å². The van der Waals surface area contributed by atoms with E-state index in [-0.39, 0.29) is 21.7 Å². The lowest BCUT2D eigenvalue weighted by atomic mass is 9.63. The maximum absolute atomic E-state index is 2.54. The predicted molar refractivity (Wildman–Crippen MR) is 351 cm³/mol. The third kappa shape index (κ3) is 8.12. The van der Waals surface area contributed by atoms with Crippen molar-refractivity contribution in [3.8, 4) is 44.5 Å². The second-order valence-corrected chi connectivity index (χ2v) is 26.5. The van der Waals surface area contributed by atoms with Gasteiger partial charge in [-0.2, -0.15) is 0 Å². The average molecular weight is 1070 g/mol. The summed E-state index contributed by atoms with van der Waals surface area (Å²) in [6.45, 7) is 23.9. The van der Waals surface area contributed by atoms with Crippen molar-refractivity contribution in [1.82, 2.24) is 0 Å². The van der Waals surface area contributed by atoms with Gasteiger partial charge in [0.1, 0.15) is 0 Å². The van der Waals surface area contributed by atoms with E-state index in [1.807, 2.05) is 0 Å². The van der Waals surface area contributed by atoms with Gasteiger partial charge in [0.25, 0.3) is 0 Å². The Kier molecular flexibility index (Phi) is 12.0. The smallest absolute Gasteiger partial charge is 0.0716 e. The highest BCUT2D eigenvalue weighted by Crippen LogP contribution is 2.61. The molecule has 0 atom stereocenters. The van der Waals surface area contributed by atoms with Gasteiger partial charge in [0.15, 0.2) is 0 Å². The summed E-state index contributed by atoms with van der Waals surface area (Å²) in [5, 5.41) is 0. The molecular formula is C81H72N2. The van der Waals surface area contributed by atoms with Crippen molar-refractivity contribution in [2.24, 2.45) is 0 Å². The van der Waals surface area contributed by atoms with E-state index in [1.165, 1.54) is 94.7 Å². The van der Waals surface area contributed by atoms with Crippen molar-refractivity contribution in [1.29, 1.82) is 0 Å². The number of hydrogen-bond donors (Lipinski definition) is 0. The van der Waals surface area contributed by atoms with Crippen LogP contribution >= 0.6 is 0 Å². The summed E-state index contributed by atoms with van der Waals surface area (Å²) < 4.78 is 0. The van der Waals surface area contributed by atoms with Gasteiger partial charge in [-0.15, -0.1) is 0 Å². The fourth-order valence-electron chi connectivity index (χ4n) is 14.7. The Morgan fingerprint density at radius 1 is 0.289 bits per heavy atom. The topological polar surface area (TPSA) is 6.48 Å². The van der Waals surface area contributed by atoms with E-state index in [0.717, 1.165) is 39.6 Å². The minimum absolute atomic E-state index is 0.0916. The molecule has 0 saturated carbocycles. The molecule has 11 aromatic rings. The zero-order chi connectivity index (χ0) is 57.2. The molecule has 0 saturated heterocycles. The summed E-state index contributed by atoms with van der Waals surface area (Å²) in [5.74, 6) is 0. The maximum Gasteiger partial charge on any atom is 0.0716 e. The number of benzene rings is 11. The molecule has 2 heteroatoms. The molecule has 11 aromatic carbocycles. The first-order valence-corrected chi connectivity index (χ1v) is 29.7. The summed E-state index contributed by atoms with van der Waals surface area (Å²) in [6.07, 6.45) is 0. The second kappa shape index (κ2) is 19.0. The van der Waals surface area contributed by atoms with Crippen molar-refractivity contribution in [2.45, 2.75) is 96.3 Å². The molecule has 0 aliphatic heterocycles. The normalized spacial score (nSPS) is 14.7. The van der Waals surface area contributed by atoms with Crippen LogP contribution in [-0.2, 0) is 27.1 Å². The molecule has 0 spiro atoms. The van der Waals surface area contributed by atoms with Crippen molar-refractivity contribution in [2.75, 3.05) is 9.80 Å². The standard InChI is InChI=1S/C81H72N2/c1-77(2,3)57-49-68-67-48-53(42-45-71(67)81(55-28-15-11-16-29-55,56-30-17-12-18-31-56)75(68)73(50-57)78(4,5)6)54-46-61(82(58-32-19-13-20-33-58)60-43-44-65-63-36-23-25-39-69(63)79(7,8)72(65)52-60)51-62(47-54)83(59-34-21-14-22-35-59)74-41-27-38-66-64-37-24-26-40-70(64)80(9,10)76(66)74/h11-52H,1-10H3. The zero-order valence-electron chi connectivity index (χ0n) is 49.6. The first kappa shape index (κ1) is 52.1. The van der Waals surface area contributed by atoms with Crippen molar-refractivity contribution >= 4 is 34.1 Å². The average Bonchev–Trinajstić information content (AvgIpc) is 1.67. The van der Waals surface area contributed by atoms with Gasteiger partial charge in [0, 0.05) is 39.3 Å². The predicted octanol–water partition coefficient (Wildman–Crippen LogP) is 21.9. The lowest BCUT2D eigenvalue weighted by molar-refractivity contribution is 0.557. The molecule has 14 rings (SSSR count). The lowest BCUT2D eigenvalue weighted by Gasteiger charge is -2.38. The highest BCUT2D eigenvalue weighted by molar-refractivity contribution is 5.96. The van der Waals surface area contributed by atoms with E-state index in [9.17, 15) is 0 Å². The molecule has 83 heavy (non-hydrogen) atoms. The molecule has 0 fully saturated rings. The Labute approximate surface area is 492 Å². The highest BCUT2D eigenvalue weighted by atomic mass is 15.2. The van der Waals surface area contributed by atoms with E-state index in [2.05, 4.69) is 334 Å². The monoisotopic (exact) mass is 1070 g/mol. The van der Waals surface area contributed by atoms with Crippen LogP contribution in [0.2, 0.25) is 0 Å². The highest BCUT2D eigenvalue weighted by Gasteiger charge is 2.49. The zero-order valence-corrected chi connectivity index (χ0v) is 49.6.